The third-order valence-electron chi connectivity index (χ3n) is 5.37. The third kappa shape index (κ3) is 3.88. The molecule has 2 aliphatic carbocycles. The first-order chi connectivity index (χ1) is 12.6. The van der Waals surface area contributed by atoms with Gasteiger partial charge in [0.15, 0.2) is 0 Å². The summed E-state index contributed by atoms with van der Waals surface area (Å²) in [5, 5.41) is 17.5. The summed E-state index contributed by atoms with van der Waals surface area (Å²) in [6.45, 7) is 1.17. The van der Waals surface area contributed by atoms with Crippen molar-refractivity contribution in [2.45, 2.75) is 44.3 Å². The van der Waals surface area contributed by atoms with E-state index < -0.39 is 5.97 Å². The number of fused-ring (bicyclic) bond motifs is 1. The summed E-state index contributed by atoms with van der Waals surface area (Å²) in [6.07, 6.45) is 5.84. The van der Waals surface area contributed by atoms with Crippen molar-refractivity contribution in [3.8, 4) is 0 Å². The lowest BCUT2D eigenvalue weighted by atomic mass is 9.85. The number of aliphatic carboxylic acids is 1. The van der Waals surface area contributed by atoms with Crippen LogP contribution < -0.4 is 5.32 Å². The number of carbonyl (C=O) groups is 2. The van der Waals surface area contributed by atoms with E-state index in [1.807, 2.05) is 24.3 Å². The second-order valence-corrected chi connectivity index (χ2v) is 7.52. The van der Waals surface area contributed by atoms with Crippen molar-refractivity contribution in [2.24, 2.45) is 5.92 Å². The van der Waals surface area contributed by atoms with Gasteiger partial charge in [-0.2, -0.15) is 5.10 Å². The van der Waals surface area contributed by atoms with E-state index in [2.05, 4.69) is 15.3 Å². The summed E-state index contributed by atoms with van der Waals surface area (Å²) in [4.78, 5) is 25.5. The van der Waals surface area contributed by atoms with Gasteiger partial charge >= 0.3 is 5.97 Å². The molecular formula is C19H24N4O3. The van der Waals surface area contributed by atoms with Crippen LogP contribution >= 0.6 is 0 Å². The number of carbonyl (C=O) groups excluding carboxylic acids is 1. The maximum Gasteiger partial charge on any atom is 0.317 e. The number of carboxylic acid groups (broad SMARTS) is 1. The Morgan fingerprint density at radius 3 is 2.77 bits per heavy atom. The smallest absolute Gasteiger partial charge is 0.317 e. The molecule has 0 atom stereocenters. The molecule has 0 aliphatic heterocycles. The summed E-state index contributed by atoms with van der Waals surface area (Å²) in [6, 6.07) is 8.22. The Morgan fingerprint density at radius 2 is 2.04 bits per heavy atom. The van der Waals surface area contributed by atoms with Crippen molar-refractivity contribution in [2.75, 3.05) is 13.1 Å². The molecule has 4 rings (SSSR count). The van der Waals surface area contributed by atoms with Gasteiger partial charge in [-0.25, -0.2) is 0 Å². The largest absolute Gasteiger partial charge is 0.480 e. The third-order valence-corrected chi connectivity index (χ3v) is 5.37. The second-order valence-electron chi connectivity index (χ2n) is 7.52. The summed E-state index contributed by atoms with van der Waals surface area (Å²) < 4.78 is 1.71. The van der Waals surface area contributed by atoms with Gasteiger partial charge in [-0.15, -0.1) is 0 Å². The summed E-state index contributed by atoms with van der Waals surface area (Å²) in [5.74, 6) is -0.158. The molecule has 138 valence electrons. The number of rotatable bonds is 8. The number of aromatic nitrogens is 2. The highest BCUT2D eigenvalue weighted by atomic mass is 16.4. The van der Waals surface area contributed by atoms with E-state index in [0.717, 1.165) is 30.3 Å². The molecule has 0 spiro atoms. The molecule has 1 aromatic heterocycles. The maximum absolute atomic E-state index is 12.3. The summed E-state index contributed by atoms with van der Waals surface area (Å²) >= 11 is 0. The van der Waals surface area contributed by atoms with E-state index in [1.54, 1.807) is 10.9 Å². The molecule has 2 N–H and O–H groups in total. The maximum atomic E-state index is 12.3. The van der Waals surface area contributed by atoms with E-state index in [1.165, 1.54) is 12.8 Å². The van der Waals surface area contributed by atoms with Gasteiger partial charge < -0.3 is 10.4 Å². The van der Waals surface area contributed by atoms with Gasteiger partial charge in [0.1, 0.15) is 6.54 Å². The van der Waals surface area contributed by atoms with Crippen LogP contribution in [0, 0.1) is 5.92 Å². The molecule has 0 unspecified atom stereocenters. The molecule has 7 nitrogen and oxygen atoms in total. The number of carboxylic acids is 1. The molecule has 2 saturated carbocycles. The molecule has 0 radical (unpaired) electrons. The second kappa shape index (κ2) is 7.07. The molecule has 2 aromatic rings. The van der Waals surface area contributed by atoms with E-state index >= 15 is 0 Å². The van der Waals surface area contributed by atoms with Crippen LogP contribution in [0.25, 0.3) is 10.9 Å². The minimum Gasteiger partial charge on any atom is -0.480 e. The number of amides is 1. The number of hydrogen-bond acceptors (Lipinski definition) is 4. The molecule has 7 heteroatoms. The Balaban J connectivity index is 1.27. The van der Waals surface area contributed by atoms with Crippen molar-refractivity contribution < 1.29 is 14.7 Å². The van der Waals surface area contributed by atoms with Crippen LogP contribution in [0.5, 0.6) is 0 Å². The predicted molar refractivity (Wildman–Crippen MR) is 96.6 cm³/mol. The topological polar surface area (TPSA) is 87.5 Å². The minimum atomic E-state index is -0.774. The highest BCUT2D eigenvalue weighted by Gasteiger charge is 2.37. The van der Waals surface area contributed by atoms with E-state index in [9.17, 15) is 9.59 Å². The standard InChI is InChI=1S/C19H24N4O3/c24-18(11-23-17-4-2-1-3-14(17)9-20-23)21-15-7-16(8-15)22(12-19(25)26)10-13-5-6-13/h1-4,9,13,15-16H,5-8,10-12H2,(H,21,24)(H,25,26). The van der Waals surface area contributed by atoms with Gasteiger partial charge in [0.25, 0.3) is 0 Å². The normalized spacial score (nSPS) is 22.3. The Bertz CT molecular complexity index is 808. The highest BCUT2D eigenvalue weighted by molar-refractivity contribution is 5.82. The zero-order valence-corrected chi connectivity index (χ0v) is 14.7. The molecule has 1 heterocycles. The fourth-order valence-electron chi connectivity index (χ4n) is 3.71. The van der Waals surface area contributed by atoms with Gasteiger partial charge in [0.2, 0.25) is 5.91 Å². The van der Waals surface area contributed by atoms with Crippen LogP contribution in [0.15, 0.2) is 30.5 Å². The number of benzene rings is 1. The Labute approximate surface area is 152 Å². The lowest BCUT2D eigenvalue weighted by molar-refractivity contribution is -0.140. The zero-order chi connectivity index (χ0) is 18.1. The monoisotopic (exact) mass is 356 g/mol. The van der Waals surface area contributed by atoms with Crippen molar-refractivity contribution in [3.05, 3.63) is 30.5 Å². The van der Waals surface area contributed by atoms with Crippen molar-refractivity contribution >= 4 is 22.8 Å². The number of hydrogen-bond donors (Lipinski definition) is 2. The molecule has 0 bridgehead atoms. The number of para-hydroxylation sites is 1. The summed E-state index contributed by atoms with van der Waals surface area (Å²) in [7, 11) is 0. The minimum absolute atomic E-state index is 0.0470. The van der Waals surface area contributed by atoms with Crippen LogP contribution in [-0.4, -0.2) is 56.8 Å². The zero-order valence-electron chi connectivity index (χ0n) is 14.7. The Kier molecular flexibility index (Phi) is 4.63. The quantitative estimate of drug-likeness (QED) is 0.748. The van der Waals surface area contributed by atoms with Crippen LogP contribution in [-0.2, 0) is 16.1 Å². The molecule has 26 heavy (non-hydrogen) atoms. The average Bonchev–Trinajstić information content (AvgIpc) is 3.29. The van der Waals surface area contributed by atoms with Gasteiger partial charge in [-0.3, -0.25) is 19.2 Å². The van der Waals surface area contributed by atoms with Crippen LogP contribution in [0.4, 0.5) is 0 Å². The molecule has 1 amide bonds. The SMILES string of the molecule is O=C(O)CN(CC1CC1)C1CC(NC(=O)Cn2ncc3ccccc32)C1. The number of nitrogens with one attached hydrogen (secondary N) is 1. The summed E-state index contributed by atoms with van der Waals surface area (Å²) in [5.41, 5.74) is 0.950. The van der Waals surface area contributed by atoms with Crippen LogP contribution in [0.2, 0.25) is 0 Å². The lowest BCUT2D eigenvalue weighted by Crippen LogP contribution is -2.55. The fourth-order valence-corrected chi connectivity index (χ4v) is 3.71. The van der Waals surface area contributed by atoms with E-state index in [4.69, 9.17) is 5.11 Å². The van der Waals surface area contributed by atoms with Crippen molar-refractivity contribution in [1.82, 2.24) is 20.0 Å². The van der Waals surface area contributed by atoms with Crippen molar-refractivity contribution in [3.63, 3.8) is 0 Å². The van der Waals surface area contributed by atoms with Gasteiger partial charge in [-0.1, -0.05) is 18.2 Å². The van der Waals surface area contributed by atoms with E-state index in [0.29, 0.717) is 5.92 Å². The van der Waals surface area contributed by atoms with E-state index in [-0.39, 0.29) is 31.1 Å². The predicted octanol–water partition coefficient (Wildman–Crippen LogP) is 1.48. The van der Waals surface area contributed by atoms with Gasteiger partial charge in [0, 0.05) is 24.0 Å². The van der Waals surface area contributed by atoms with Gasteiger partial charge in [0.05, 0.1) is 18.3 Å². The average molecular weight is 356 g/mol. The number of nitrogens with zero attached hydrogens (tertiary/aromatic N) is 3. The first-order valence-corrected chi connectivity index (χ1v) is 9.24. The van der Waals surface area contributed by atoms with Gasteiger partial charge in [-0.05, 0) is 37.7 Å². The highest BCUT2D eigenvalue weighted by Crippen LogP contribution is 2.33. The van der Waals surface area contributed by atoms with Crippen LogP contribution in [0.1, 0.15) is 25.7 Å². The molecule has 2 aliphatic rings. The fraction of sp³-hybridized carbons (Fsp3) is 0.526. The Morgan fingerprint density at radius 1 is 1.27 bits per heavy atom. The first-order valence-electron chi connectivity index (χ1n) is 9.24. The molecule has 0 saturated heterocycles. The van der Waals surface area contributed by atoms with Crippen molar-refractivity contribution in [1.29, 1.82) is 0 Å². The Hall–Kier alpha value is -2.41. The first kappa shape index (κ1) is 17.0. The lowest BCUT2D eigenvalue weighted by Gasteiger charge is -2.42. The molecule has 2 fully saturated rings. The van der Waals surface area contributed by atoms with Crippen LogP contribution in [0.3, 0.4) is 0 Å². The molecular weight excluding hydrogens is 332 g/mol. The molecule has 1 aromatic carbocycles.